The molecule has 0 radical (unpaired) electrons. The zero-order chi connectivity index (χ0) is 15.3. The number of carbonyl (C=O) groups excluding carboxylic acids is 1. The normalized spacial score (nSPS) is 20.2. The van der Waals surface area contributed by atoms with E-state index in [2.05, 4.69) is 31.0 Å². The summed E-state index contributed by atoms with van der Waals surface area (Å²) >= 11 is 0. The molecule has 1 aromatic rings. The van der Waals surface area contributed by atoms with Gasteiger partial charge in [0.05, 0.1) is 12.2 Å². The van der Waals surface area contributed by atoms with Gasteiger partial charge in [0.2, 0.25) is 5.91 Å². The number of nitrogens with two attached hydrogens (primary N) is 1. The third-order valence-electron chi connectivity index (χ3n) is 4.33. The molecule has 1 unspecified atom stereocenters. The van der Waals surface area contributed by atoms with Gasteiger partial charge in [-0.3, -0.25) is 4.79 Å². The maximum atomic E-state index is 12.6. The van der Waals surface area contributed by atoms with Gasteiger partial charge in [-0.15, -0.1) is 0 Å². The van der Waals surface area contributed by atoms with Crippen molar-refractivity contribution in [2.75, 3.05) is 11.9 Å². The van der Waals surface area contributed by atoms with Crippen LogP contribution in [0.3, 0.4) is 0 Å². The van der Waals surface area contributed by atoms with Crippen LogP contribution in [-0.4, -0.2) is 12.5 Å². The molecule has 1 atom stereocenters. The summed E-state index contributed by atoms with van der Waals surface area (Å²) < 4.78 is 0. The molecular weight excluding hydrogens is 260 g/mol. The summed E-state index contributed by atoms with van der Waals surface area (Å²) in [5.41, 5.74) is 7.10. The predicted molar refractivity (Wildman–Crippen MR) is 86.7 cm³/mol. The number of carbonyl (C=O) groups is 1. The van der Waals surface area contributed by atoms with Crippen LogP contribution in [-0.2, 0) is 4.79 Å². The summed E-state index contributed by atoms with van der Waals surface area (Å²) in [5, 5.41) is 3.06. The number of anilines is 1. The molecule has 1 saturated carbocycles. The second-order valence-electron chi connectivity index (χ2n) is 6.33. The van der Waals surface area contributed by atoms with Gasteiger partial charge in [-0.1, -0.05) is 50.7 Å². The van der Waals surface area contributed by atoms with Crippen LogP contribution < -0.4 is 11.1 Å². The number of amides is 1. The van der Waals surface area contributed by atoms with Crippen molar-refractivity contribution in [1.29, 1.82) is 0 Å². The third kappa shape index (κ3) is 3.86. The van der Waals surface area contributed by atoms with E-state index in [1.165, 1.54) is 6.42 Å². The van der Waals surface area contributed by atoms with Crippen LogP contribution in [0.4, 0.5) is 5.69 Å². The molecular formula is C18H24N2O. The molecule has 3 heteroatoms. The van der Waals surface area contributed by atoms with Gasteiger partial charge >= 0.3 is 0 Å². The van der Waals surface area contributed by atoms with Gasteiger partial charge in [0.1, 0.15) is 0 Å². The number of benzene rings is 1. The van der Waals surface area contributed by atoms with Crippen molar-refractivity contribution in [3.63, 3.8) is 0 Å². The number of hydrogen-bond acceptors (Lipinski definition) is 2. The summed E-state index contributed by atoms with van der Waals surface area (Å²) in [4.78, 5) is 12.6. The van der Waals surface area contributed by atoms with Gasteiger partial charge in [-0.25, -0.2) is 0 Å². The summed E-state index contributed by atoms with van der Waals surface area (Å²) in [6, 6.07) is 7.63. The number of hydrogen-bond donors (Lipinski definition) is 2. The molecule has 1 aromatic carbocycles. The Hall–Kier alpha value is -1.79. The van der Waals surface area contributed by atoms with Gasteiger partial charge in [0.25, 0.3) is 0 Å². The Morgan fingerprint density at radius 2 is 2.14 bits per heavy atom. The van der Waals surface area contributed by atoms with Gasteiger partial charge in [-0.2, -0.15) is 0 Å². The Morgan fingerprint density at radius 1 is 1.38 bits per heavy atom. The highest BCUT2D eigenvalue weighted by Crippen LogP contribution is 2.41. The quantitative estimate of drug-likeness (QED) is 0.820. The van der Waals surface area contributed by atoms with Crippen LogP contribution >= 0.6 is 0 Å². The molecule has 0 bridgehead atoms. The molecule has 1 fully saturated rings. The lowest BCUT2D eigenvalue weighted by Crippen LogP contribution is -2.37. The molecule has 0 aliphatic heterocycles. The van der Waals surface area contributed by atoms with Crippen molar-refractivity contribution in [3.8, 4) is 11.8 Å². The van der Waals surface area contributed by atoms with Gasteiger partial charge in [0.15, 0.2) is 0 Å². The van der Waals surface area contributed by atoms with Crippen molar-refractivity contribution in [2.45, 2.75) is 39.5 Å². The minimum atomic E-state index is 0.0697. The molecule has 3 nitrogen and oxygen atoms in total. The van der Waals surface area contributed by atoms with Crippen LogP contribution in [0.25, 0.3) is 0 Å². The van der Waals surface area contributed by atoms with E-state index in [-0.39, 0.29) is 17.2 Å². The standard InChI is InChI=1S/C18H24N2O/c1-18(2)12-6-5-10-15(18)17(21)20-16-11-4-3-8-14(16)9-7-13-19/h3-4,8,11,15H,5-6,10,12-13,19H2,1-2H3,(H,20,21). The van der Waals surface area contributed by atoms with Crippen molar-refractivity contribution < 1.29 is 4.79 Å². The molecule has 2 rings (SSSR count). The third-order valence-corrected chi connectivity index (χ3v) is 4.33. The van der Waals surface area contributed by atoms with Gasteiger partial charge < -0.3 is 11.1 Å². The maximum absolute atomic E-state index is 12.6. The summed E-state index contributed by atoms with van der Waals surface area (Å²) in [6.07, 6.45) is 4.43. The molecule has 112 valence electrons. The number of rotatable bonds is 2. The first kappa shape index (κ1) is 15.6. The van der Waals surface area contributed by atoms with Crippen LogP contribution in [0, 0.1) is 23.2 Å². The first-order valence-electron chi connectivity index (χ1n) is 7.63. The molecule has 3 N–H and O–H groups in total. The van der Waals surface area contributed by atoms with Crippen LogP contribution in [0.15, 0.2) is 24.3 Å². The van der Waals surface area contributed by atoms with Crippen LogP contribution in [0.5, 0.6) is 0 Å². The lowest BCUT2D eigenvalue weighted by atomic mass is 9.68. The average Bonchev–Trinajstić information content (AvgIpc) is 2.45. The number of nitrogens with one attached hydrogen (secondary N) is 1. The highest BCUT2D eigenvalue weighted by molar-refractivity contribution is 5.94. The molecule has 0 saturated heterocycles. The summed E-state index contributed by atoms with van der Waals surface area (Å²) in [6.45, 7) is 4.70. The fourth-order valence-electron chi connectivity index (χ4n) is 3.05. The highest BCUT2D eigenvalue weighted by atomic mass is 16.1. The lowest BCUT2D eigenvalue weighted by Gasteiger charge is -2.37. The molecule has 21 heavy (non-hydrogen) atoms. The van der Waals surface area contributed by atoms with E-state index in [0.29, 0.717) is 6.54 Å². The topological polar surface area (TPSA) is 55.1 Å². The van der Waals surface area contributed by atoms with Gasteiger partial charge in [0, 0.05) is 11.5 Å². The summed E-state index contributed by atoms with van der Waals surface area (Å²) in [5.74, 6) is 6.04. The van der Waals surface area contributed by atoms with E-state index in [0.717, 1.165) is 30.5 Å². The maximum Gasteiger partial charge on any atom is 0.228 e. The summed E-state index contributed by atoms with van der Waals surface area (Å²) in [7, 11) is 0. The van der Waals surface area contributed by atoms with E-state index in [9.17, 15) is 4.79 Å². The Bertz CT molecular complexity index is 566. The SMILES string of the molecule is CC1(C)CCCCC1C(=O)Nc1ccccc1C#CCN. The Morgan fingerprint density at radius 3 is 2.86 bits per heavy atom. The van der Waals surface area contributed by atoms with Crippen molar-refractivity contribution in [3.05, 3.63) is 29.8 Å². The molecule has 0 spiro atoms. The zero-order valence-electron chi connectivity index (χ0n) is 12.9. The fourth-order valence-corrected chi connectivity index (χ4v) is 3.05. The fraction of sp³-hybridized carbons (Fsp3) is 0.500. The predicted octanol–water partition coefficient (Wildman–Crippen LogP) is 3.15. The van der Waals surface area contributed by atoms with Gasteiger partial charge in [-0.05, 0) is 30.4 Å². The van der Waals surface area contributed by atoms with E-state index in [1.807, 2.05) is 24.3 Å². The van der Waals surface area contributed by atoms with Crippen LogP contribution in [0.1, 0.15) is 45.1 Å². The van der Waals surface area contributed by atoms with E-state index < -0.39 is 0 Å². The van der Waals surface area contributed by atoms with E-state index in [4.69, 9.17) is 5.73 Å². The molecule has 1 aliphatic rings. The minimum absolute atomic E-state index is 0.0697. The molecule has 0 heterocycles. The van der Waals surface area contributed by atoms with Crippen molar-refractivity contribution in [2.24, 2.45) is 17.1 Å². The lowest BCUT2D eigenvalue weighted by molar-refractivity contribution is -0.124. The Balaban J connectivity index is 2.16. The Kier molecular flexibility index (Phi) is 5.03. The first-order chi connectivity index (χ1) is 10.0. The van der Waals surface area contributed by atoms with Crippen molar-refractivity contribution >= 4 is 11.6 Å². The first-order valence-corrected chi connectivity index (χ1v) is 7.63. The zero-order valence-corrected chi connectivity index (χ0v) is 12.9. The second kappa shape index (κ2) is 6.78. The molecule has 0 aromatic heterocycles. The van der Waals surface area contributed by atoms with Crippen molar-refractivity contribution in [1.82, 2.24) is 0 Å². The van der Waals surface area contributed by atoms with E-state index in [1.54, 1.807) is 0 Å². The smallest absolute Gasteiger partial charge is 0.228 e. The minimum Gasteiger partial charge on any atom is -0.325 e. The Labute approximate surface area is 127 Å². The van der Waals surface area contributed by atoms with Crippen LogP contribution in [0.2, 0.25) is 0 Å². The molecule has 1 amide bonds. The van der Waals surface area contributed by atoms with E-state index >= 15 is 0 Å². The second-order valence-corrected chi connectivity index (χ2v) is 6.33. The monoisotopic (exact) mass is 284 g/mol. The average molecular weight is 284 g/mol. The molecule has 1 aliphatic carbocycles. The number of para-hydroxylation sites is 1. The highest BCUT2D eigenvalue weighted by Gasteiger charge is 2.37. The largest absolute Gasteiger partial charge is 0.325 e.